The van der Waals surface area contributed by atoms with Gasteiger partial charge in [-0.05, 0) is 36.8 Å². The number of hydrogen-bond acceptors (Lipinski definition) is 4. The Kier molecular flexibility index (Phi) is 7.19. The molecule has 3 rings (SSSR count). The molecule has 0 radical (unpaired) electrons. The number of aromatic nitrogens is 2. The van der Waals surface area contributed by atoms with Gasteiger partial charge < -0.3 is 10.6 Å². The largest absolute Gasteiger partial charge is 0.418 e. The average Bonchev–Trinajstić information content (AvgIpc) is 2.77. The van der Waals surface area contributed by atoms with E-state index < -0.39 is 28.8 Å². The number of carbonyl (C=O) groups excluding carboxylic acids is 2. The first-order valence-electron chi connectivity index (χ1n) is 10.4. The summed E-state index contributed by atoms with van der Waals surface area (Å²) in [5.41, 5.74) is -1.15. The van der Waals surface area contributed by atoms with Crippen LogP contribution >= 0.6 is 0 Å². The van der Waals surface area contributed by atoms with Crippen LogP contribution in [0, 0.1) is 12.8 Å². The monoisotopic (exact) mass is 472 g/mol. The summed E-state index contributed by atoms with van der Waals surface area (Å²) in [6.45, 7) is 4.96. The van der Waals surface area contributed by atoms with Crippen LogP contribution in [0.15, 0.2) is 59.4 Å². The third kappa shape index (κ3) is 5.69. The molecule has 34 heavy (non-hydrogen) atoms. The third-order valence-corrected chi connectivity index (χ3v) is 4.93. The molecule has 7 nitrogen and oxygen atoms in total. The fraction of sp³-hybridized carbons (Fsp3) is 0.250. The first-order valence-corrected chi connectivity index (χ1v) is 10.4. The van der Waals surface area contributed by atoms with Crippen LogP contribution in [0.3, 0.4) is 0 Å². The molecule has 1 aromatic heterocycles. The number of alkyl halides is 3. The molecule has 0 atom stereocenters. The molecule has 0 aliphatic carbocycles. The van der Waals surface area contributed by atoms with E-state index in [9.17, 15) is 27.6 Å². The minimum Gasteiger partial charge on any atom is -0.346 e. The van der Waals surface area contributed by atoms with E-state index in [1.165, 1.54) is 25.1 Å². The van der Waals surface area contributed by atoms with Gasteiger partial charge in [-0.3, -0.25) is 14.4 Å². The predicted octanol–water partition coefficient (Wildman–Crippen LogP) is 4.08. The van der Waals surface area contributed by atoms with Crippen LogP contribution < -0.4 is 16.1 Å². The lowest BCUT2D eigenvalue weighted by molar-refractivity contribution is -0.137. The van der Waals surface area contributed by atoms with Crippen molar-refractivity contribution in [3.63, 3.8) is 0 Å². The van der Waals surface area contributed by atoms with Gasteiger partial charge in [-0.1, -0.05) is 38.1 Å². The van der Waals surface area contributed by atoms with Crippen LogP contribution in [0.1, 0.15) is 41.2 Å². The molecular formula is C24H23F3N4O3. The van der Waals surface area contributed by atoms with Gasteiger partial charge in [-0.25, -0.2) is 4.68 Å². The van der Waals surface area contributed by atoms with Gasteiger partial charge in [0.25, 0.3) is 5.91 Å². The second-order valence-corrected chi connectivity index (χ2v) is 7.95. The number of halogens is 3. The van der Waals surface area contributed by atoms with Crippen LogP contribution in [-0.4, -0.2) is 21.6 Å². The molecule has 0 fully saturated rings. The van der Waals surface area contributed by atoms with Crippen molar-refractivity contribution in [3.05, 3.63) is 87.3 Å². The van der Waals surface area contributed by atoms with Gasteiger partial charge in [0.1, 0.15) is 0 Å². The van der Waals surface area contributed by atoms with Crippen LogP contribution in [0.4, 0.5) is 18.9 Å². The Labute approximate surface area is 193 Å². The predicted molar refractivity (Wildman–Crippen MR) is 121 cm³/mol. The van der Waals surface area contributed by atoms with E-state index in [1.807, 2.05) is 0 Å². The SMILES string of the molecule is Cc1cc(=O)c(C(=O)NCc2cccc(NC(=O)C(C)C)c2)nn1-c1ccccc1C(F)(F)F. The number of nitrogens with zero attached hydrogens (tertiary/aromatic N) is 2. The first kappa shape index (κ1) is 24.7. The van der Waals surface area contributed by atoms with E-state index in [2.05, 4.69) is 15.7 Å². The Hall–Kier alpha value is -3.95. The van der Waals surface area contributed by atoms with E-state index in [0.717, 1.165) is 16.8 Å². The molecule has 0 saturated carbocycles. The van der Waals surface area contributed by atoms with E-state index in [4.69, 9.17) is 0 Å². The lowest BCUT2D eigenvalue weighted by Gasteiger charge is -2.16. The van der Waals surface area contributed by atoms with Gasteiger partial charge in [-0.15, -0.1) is 0 Å². The smallest absolute Gasteiger partial charge is 0.346 e. The fourth-order valence-electron chi connectivity index (χ4n) is 3.16. The zero-order valence-electron chi connectivity index (χ0n) is 18.7. The van der Waals surface area contributed by atoms with Gasteiger partial charge in [0.05, 0.1) is 11.3 Å². The highest BCUT2D eigenvalue weighted by Crippen LogP contribution is 2.33. The molecule has 3 aromatic rings. The lowest BCUT2D eigenvalue weighted by atomic mass is 10.1. The molecule has 0 saturated heterocycles. The normalized spacial score (nSPS) is 11.4. The van der Waals surface area contributed by atoms with Crippen molar-refractivity contribution in [3.8, 4) is 5.69 Å². The number of anilines is 1. The summed E-state index contributed by atoms with van der Waals surface area (Å²) < 4.78 is 41.3. The summed E-state index contributed by atoms with van der Waals surface area (Å²) in [5.74, 6) is -1.20. The summed E-state index contributed by atoms with van der Waals surface area (Å²) in [6, 6.07) is 12.6. The van der Waals surface area contributed by atoms with E-state index >= 15 is 0 Å². The Morgan fingerprint density at radius 3 is 2.44 bits per heavy atom. The quantitative estimate of drug-likeness (QED) is 0.565. The second-order valence-electron chi connectivity index (χ2n) is 7.95. The second kappa shape index (κ2) is 9.90. The maximum atomic E-state index is 13.5. The molecule has 0 bridgehead atoms. The highest BCUT2D eigenvalue weighted by Gasteiger charge is 2.34. The topological polar surface area (TPSA) is 93.1 Å². The summed E-state index contributed by atoms with van der Waals surface area (Å²) in [6.07, 6.45) is -4.65. The minimum atomic E-state index is -4.65. The summed E-state index contributed by atoms with van der Waals surface area (Å²) in [4.78, 5) is 37.0. The van der Waals surface area contributed by atoms with Crippen molar-refractivity contribution in [2.24, 2.45) is 5.92 Å². The molecule has 0 aliphatic rings. The van der Waals surface area contributed by atoms with Gasteiger partial charge in [0.15, 0.2) is 5.69 Å². The van der Waals surface area contributed by atoms with Crippen molar-refractivity contribution in [1.29, 1.82) is 0 Å². The van der Waals surface area contributed by atoms with Crippen molar-refractivity contribution >= 4 is 17.5 Å². The number of carbonyl (C=O) groups is 2. The molecule has 0 aliphatic heterocycles. The van der Waals surface area contributed by atoms with Gasteiger partial charge in [0.2, 0.25) is 11.3 Å². The van der Waals surface area contributed by atoms with E-state index in [1.54, 1.807) is 38.1 Å². The molecule has 2 aromatic carbocycles. The highest BCUT2D eigenvalue weighted by molar-refractivity contribution is 5.93. The van der Waals surface area contributed by atoms with Crippen LogP contribution in [-0.2, 0) is 17.5 Å². The number of aryl methyl sites for hydroxylation is 1. The number of hydrogen-bond donors (Lipinski definition) is 2. The summed E-state index contributed by atoms with van der Waals surface area (Å²) in [7, 11) is 0. The van der Waals surface area contributed by atoms with Crippen LogP contribution in [0.25, 0.3) is 5.69 Å². The Bertz CT molecular complexity index is 1280. The number of nitrogens with one attached hydrogen (secondary N) is 2. The van der Waals surface area contributed by atoms with E-state index in [0.29, 0.717) is 11.3 Å². The van der Waals surface area contributed by atoms with Gasteiger partial charge in [-0.2, -0.15) is 18.3 Å². The average molecular weight is 472 g/mol. The van der Waals surface area contributed by atoms with E-state index in [-0.39, 0.29) is 29.8 Å². The summed E-state index contributed by atoms with van der Waals surface area (Å²) in [5, 5.41) is 9.24. The zero-order valence-corrected chi connectivity index (χ0v) is 18.7. The van der Waals surface area contributed by atoms with Crippen molar-refractivity contribution < 1.29 is 22.8 Å². The van der Waals surface area contributed by atoms with Crippen molar-refractivity contribution in [2.45, 2.75) is 33.5 Å². The molecule has 2 amide bonds. The molecule has 1 heterocycles. The Balaban J connectivity index is 1.85. The molecular weight excluding hydrogens is 449 g/mol. The van der Waals surface area contributed by atoms with Gasteiger partial charge >= 0.3 is 6.18 Å². The first-order chi connectivity index (χ1) is 16.0. The maximum absolute atomic E-state index is 13.5. The molecule has 178 valence electrons. The number of amides is 2. The Morgan fingerprint density at radius 1 is 1.06 bits per heavy atom. The molecule has 10 heteroatoms. The maximum Gasteiger partial charge on any atom is 0.418 e. The highest BCUT2D eigenvalue weighted by atomic mass is 19.4. The standard InChI is InChI=1S/C24H23F3N4O3/c1-14(2)22(33)29-17-8-6-7-16(12-17)13-28-23(34)21-20(32)11-15(3)31(30-21)19-10-5-4-9-18(19)24(25,26)27/h4-12,14H,13H2,1-3H3,(H,28,34)(H,29,33). The molecule has 2 N–H and O–H groups in total. The number of para-hydroxylation sites is 1. The fourth-order valence-corrected chi connectivity index (χ4v) is 3.16. The van der Waals surface area contributed by atoms with Crippen LogP contribution in [0.2, 0.25) is 0 Å². The third-order valence-electron chi connectivity index (χ3n) is 4.93. The van der Waals surface area contributed by atoms with Gasteiger partial charge in [0, 0.05) is 29.9 Å². The van der Waals surface area contributed by atoms with Crippen LogP contribution in [0.5, 0.6) is 0 Å². The molecule has 0 unspecified atom stereocenters. The molecule has 0 spiro atoms. The zero-order chi connectivity index (χ0) is 25.0. The van der Waals surface area contributed by atoms with Crippen molar-refractivity contribution in [2.75, 3.05) is 5.32 Å². The van der Waals surface area contributed by atoms with Crippen molar-refractivity contribution in [1.82, 2.24) is 15.1 Å². The number of benzene rings is 2. The Morgan fingerprint density at radius 2 is 1.76 bits per heavy atom. The minimum absolute atomic E-state index is 0.0123. The number of rotatable bonds is 6. The lowest BCUT2D eigenvalue weighted by Crippen LogP contribution is -2.32. The summed E-state index contributed by atoms with van der Waals surface area (Å²) >= 11 is 0.